The first-order valence-electron chi connectivity index (χ1n) is 18.4. The third-order valence-corrected chi connectivity index (χ3v) is 11.1. The van der Waals surface area contributed by atoms with Crippen LogP contribution in [0.4, 0.5) is 0 Å². The number of rotatable bonds is 7. The van der Waals surface area contributed by atoms with E-state index in [1.807, 2.05) is 0 Å². The van der Waals surface area contributed by atoms with Gasteiger partial charge in [-0.3, -0.25) is 0 Å². The quantitative estimate of drug-likeness (QED) is 0.166. The van der Waals surface area contributed by atoms with Gasteiger partial charge in [0.25, 0.3) is 0 Å². The fourth-order valence-corrected chi connectivity index (χ4v) is 8.28. The molecule has 0 aromatic heterocycles. The molecule has 6 aromatic rings. The van der Waals surface area contributed by atoms with Gasteiger partial charge >= 0.3 is 0 Å². The molecule has 0 spiro atoms. The molecule has 0 amide bonds. The Bertz CT molecular complexity index is 1800. The smallest absolute Gasteiger partial charge is 0.0162 e. The minimum atomic E-state index is 0.717. The Hall–Kier alpha value is -4.68. The van der Waals surface area contributed by atoms with Gasteiger partial charge in [-0.2, -0.15) is 0 Å². The van der Waals surface area contributed by atoms with Crippen molar-refractivity contribution in [1.82, 2.24) is 0 Å². The average Bonchev–Trinajstić information content (AvgIpc) is 3.19. The molecule has 0 saturated heterocycles. The second kappa shape index (κ2) is 14.2. The average molecular weight is 623 g/mol. The maximum atomic E-state index is 2.41. The highest BCUT2D eigenvalue weighted by Gasteiger charge is 2.18. The predicted molar refractivity (Wildman–Crippen MR) is 205 cm³/mol. The van der Waals surface area contributed by atoms with Crippen LogP contribution in [0.5, 0.6) is 0 Å². The first-order chi connectivity index (χ1) is 23.8. The van der Waals surface area contributed by atoms with Crippen molar-refractivity contribution in [2.45, 2.75) is 76.0 Å². The lowest BCUT2D eigenvalue weighted by Gasteiger charge is -2.22. The van der Waals surface area contributed by atoms with E-state index >= 15 is 0 Å². The van der Waals surface area contributed by atoms with Crippen molar-refractivity contribution in [2.24, 2.45) is 0 Å². The Morgan fingerprint density at radius 1 is 0.250 bits per heavy atom. The van der Waals surface area contributed by atoms with E-state index in [0.29, 0.717) is 0 Å². The van der Waals surface area contributed by atoms with Gasteiger partial charge in [0.2, 0.25) is 0 Å². The molecule has 0 unspecified atom stereocenters. The molecular weight excluding hydrogens is 577 g/mol. The number of benzene rings is 6. The molecule has 238 valence electrons. The summed E-state index contributed by atoms with van der Waals surface area (Å²) in [4.78, 5) is 0. The van der Waals surface area contributed by atoms with Crippen molar-refractivity contribution < 1.29 is 0 Å². The van der Waals surface area contributed by atoms with Crippen LogP contribution in [-0.4, -0.2) is 0 Å². The summed E-state index contributed by atoms with van der Waals surface area (Å²) in [6.07, 6.45) is 13.6. The molecule has 0 aliphatic heterocycles. The molecule has 0 nitrogen and oxygen atoms in total. The summed E-state index contributed by atoms with van der Waals surface area (Å²) in [6.45, 7) is 0. The van der Waals surface area contributed by atoms with Crippen LogP contribution in [0.15, 0.2) is 146 Å². The molecule has 8 rings (SSSR count). The second-order valence-electron chi connectivity index (χ2n) is 14.2. The molecule has 2 aliphatic carbocycles. The van der Waals surface area contributed by atoms with Crippen LogP contribution in [0.25, 0.3) is 55.6 Å². The van der Waals surface area contributed by atoms with Crippen LogP contribution >= 0.6 is 0 Å². The van der Waals surface area contributed by atoms with Crippen LogP contribution < -0.4 is 0 Å². The highest BCUT2D eigenvalue weighted by molar-refractivity contribution is 5.86. The van der Waals surface area contributed by atoms with Crippen LogP contribution in [0, 0.1) is 0 Å². The van der Waals surface area contributed by atoms with E-state index in [2.05, 4.69) is 146 Å². The molecule has 2 fully saturated rings. The van der Waals surface area contributed by atoms with E-state index in [0.717, 1.165) is 11.8 Å². The standard InChI is InChI=1S/C48H46/c1-5-13-35(14-6-1)39-21-25-41(26-22-39)45-30-46(42-27-23-40(24-28-42)36-15-7-2-8-16-36)34-48(33-45)47-31-43(37-17-9-3-10-18-37)29-44(32-47)38-19-11-4-12-20-38/h3-4,9-12,17-36H,1-2,5-8,13-16H2. The molecular formula is C48H46. The predicted octanol–water partition coefficient (Wildman–Crippen LogP) is 14.1. The van der Waals surface area contributed by atoms with Gasteiger partial charge < -0.3 is 0 Å². The molecule has 2 aliphatic rings. The summed E-state index contributed by atoms with van der Waals surface area (Å²) in [6, 6.07) is 55.0. The van der Waals surface area contributed by atoms with Crippen LogP contribution in [-0.2, 0) is 0 Å². The van der Waals surface area contributed by atoms with Gasteiger partial charge in [-0.25, -0.2) is 0 Å². The van der Waals surface area contributed by atoms with E-state index in [4.69, 9.17) is 0 Å². The van der Waals surface area contributed by atoms with Crippen molar-refractivity contribution in [3.8, 4) is 55.6 Å². The van der Waals surface area contributed by atoms with Crippen molar-refractivity contribution in [2.75, 3.05) is 0 Å². The first-order valence-corrected chi connectivity index (χ1v) is 18.4. The summed E-state index contributed by atoms with van der Waals surface area (Å²) in [5, 5.41) is 0. The van der Waals surface area contributed by atoms with E-state index in [1.165, 1.54) is 131 Å². The van der Waals surface area contributed by atoms with Crippen LogP contribution in [0.3, 0.4) is 0 Å². The molecule has 0 atom stereocenters. The Morgan fingerprint density at radius 2 is 0.521 bits per heavy atom. The second-order valence-corrected chi connectivity index (χ2v) is 14.2. The number of hydrogen-bond acceptors (Lipinski definition) is 0. The molecule has 0 heteroatoms. The molecule has 0 bridgehead atoms. The van der Waals surface area contributed by atoms with Gasteiger partial charge in [-0.05, 0) is 141 Å². The lowest BCUT2D eigenvalue weighted by Crippen LogP contribution is -2.04. The molecule has 6 aromatic carbocycles. The zero-order chi connectivity index (χ0) is 32.1. The summed E-state index contributed by atoms with van der Waals surface area (Å²) in [7, 11) is 0. The molecule has 2 saturated carbocycles. The Kier molecular flexibility index (Phi) is 9.07. The van der Waals surface area contributed by atoms with Gasteiger partial charge in [0, 0.05) is 0 Å². The minimum Gasteiger partial charge on any atom is -0.0622 e. The zero-order valence-corrected chi connectivity index (χ0v) is 28.1. The fraction of sp³-hybridized carbons (Fsp3) is 0.250. The van der Waals surface area contributed by atoms with Crippen molar-refractivity contribution in [3.05, 3.63) is 157 Å². The van der Waals surface area contributed by atoms with Crippen molar-refractivity contribution in [3.63, 3.8) is 0 Å². The zero-order valence-electron chi connectivity index (χ0n) is 28.1. The third kappa shape index (κ3) is 6.81. The highest BCUT2D eigenvalue weighted by atomic mass is 14.2. The Balaban J connectivity index is 1.24. The normalized spacial score (nSPS) is 15.8. The first kappa shape index (κ1) is 30.6. The molecule has 0 N–H and O–H groups in total. The van der Waals surface area contributed by atoms with Gasteiger partial charge in [-0.15, -0.1) is 0 Å². The summed E-state index contributed by atoms with van der Waals surface area (Å²) in [5.41, 5.74) is 15.6. The topological polar surface area (TPSA) is 0 Å². The summed E-state index contributed by atoms with van der Waals surface area (Å²) in [5.74, 6) is 1.43. The number of hydrogen-bond donors (Lipinski definition) is 0. The van der Waals surface area contributed by atoms with E-state index in [1.54, 1.807) is 0 Å². The van der Waals surface area contributed by atoms with Gasteiger partial charge in [0.15, 0.2) is 0 Å². The van der Waals surface area contributed by atoms with Crippen molar-refractivity contribution in [1.29, 1.82) is 0 Å². The van der Waals surface area contributed by atoms with Gasteiger partial charge in [0.1, 0.15) is 0 Å². The summed E-state index contributed by atoms with van der Waals surface area (Å²) < 4.78 is 0. The van der Waals surface area contributed by atoms with E-state index in [9.17, 15) is 0 Å². The Morgan fingerprint density at radius 3 is 0.833 bits per heavy atom. The van der Waals surface area contributed by atoms with Crippen molar-refractivity contribution >= 4 is 0 Å². The third-order valence-electron chi connectivity index (χ3n) is 11.1. The summed E-state index contributed by atoms with van der Waals surface area (Å²) >= 11 is 0. The lowest BCUT2D eigenvalue weighted by atomic mass is 9.83. The SMILES string of the molecule is c1ccc(-c2cc(-c3ccccc3)cc(-c3cc(-c4ccc(C5CCCCC5)cc4)cc(-c4ccc(C5CCCCC5)cc4)c3)c2)cc1. The van der Waals surface area contributed by atoms with Crippen LogP contribution in [0.2, 0.25) is 0 Å². The molecule has 0 heterocycles. The van der Waals surface area contributed by atoms with Gasteiger partial charge in [-0.1, -0.05) is 148 Å². The van der Waals surface area contributed by atoms with E-state index < -0.39 is 0 Å². The molecule has 48 heavy (non-hydrogen) atoms. The van der Waals surface area contributed by atoms with E-state index in [-0.39, 0.29) is 0 Å². The molecule has 0 radical (unpaired) electrons. The minimum absolute atomic E-state index is 0.717. The highest BCUT2D eigenvalue weighted by Crippen LogP contribution is 2.39. The largest absolute Gasteiger partial charge is 0.0622 e. The monoisotopic (exact) mass is 622 g/mol. The fourth-order valence-electron chi connectivity index (χ4n) is 8.28. The van der Waals surface area contributed by atoms with Gasteiger partial charge in [0.05, 0.1) is 0 Å². The Labute approximate surface area is 287 Å². The maximum absolute atomic E-state index is 2.41. The lowest BCUT2D eigenvalue weighted by molar-refractivity contribution is 0.443. The maximum Gasteiger partial charge on any atom is -0.0162 e. The van der Waals surface area contributed by atoms with Crippen LogP contribution in [0.1, 0.15) is 87.2 Å².